The lowest BCUT2D eigenvalue weighted by molar-refractivity contribution is 0.219. The lowest BCUT2D eigenvalue weighted by atomic mass is 10.5. The first-order chi connectivity index (χ1) is 3.66. The van der Waals surface area contributed by atoms with E-state index in [0.717, 1.165) is 0 Å². The van der Waals surface area contributed by atoms with Crippen LogP contribution in [0.5, 0.6) is 0 Å². The lowest BCUT2D eigenvalue weighted by Gasteiger charge is -1.99. The molecule has 0 aliphatic carbocycles. The second-order valence-corrected chi connectivity index (χ2v) is 3.53. The van der Waals surface area contributed by atoms with Crippen LogP contribution in [-0.2, 0) is 10.8 Å². The third-order valence-corrected chi connectivity index (χ3v) is 2.25. The van der Waals surface area contributed by atoms with Gasteiger partial charge in [-0.1, -0.05) is 6.92 Å². The Morgan fingerprint density at radius 1 is 1.75 bits per heavy atom. The maximum Gasteiger partial charge on any atom is 0.0627 e. The first-order valence-corrected chi connectivity index (χ1v) is 4.18. The summed E-state index contributed by atoms with van der Waals surface area (Å²) >= 11 is 0. The van der Waals surface area contributed by atoms with Gasteiger partial charge >= 0.3 is 0 Å². The van der Waals surface area contributed by atoms with E-state index < -0.39 is 16.9 Å². The molecule has 2 nitrogen and oxygen atoms in total. The molecule has 0 aliphatic heterocycles. The van der Waals surface area contributed by atoms with Gasteiger partial charge < -0.3 is 5.11 Å². The minimum atomic E-state index is -0.807. The average Bonchev–Trinajstić information content (AvgIpc) is 1.65. The fourth-order valence-electron chi connectivity index (χ4n) is 0.387. The standard InChI is InChI=1S/C5H12O2S/c1-3-8(7)4-5(2)6/h5-6H,3-4H2,1-2H3. The lowest BCUT2D eigenvalue weighted by Crippen LogP contribution is -2.13. The van der Waals surface area contributed by atoms with Crippen molar-refractivity contribution in [2.45, 2.75) is 20.0 Å². The molecule has 0 saturated carbocycles. The predicted molar refractivity (Wildman–Crippen MR) is 35.2 cm³/mol. The summed E-state index contributed by atoms with van der Waals surface area (Å²) in [5, 5.41) is 8.66. The summed E-state index contributed by atoms with van der Waals surface area (Å²) in [5.74, 6) is 1.06. The Morgan fingerprint density at radius 3 is 2.38 bits per heavy atom. The maximum absolute atomic E-state index is 10.6. The molecular formula is C5H12O2S. The van der Waals surface area contributed by atoms with Gasteiger partial charge in [-0.3, -0.25) is 4.21 Å². The van der Waals surface area contributed by atoms with Crippen LogP contribution in [-0.4, -0.2) is 26.9 Å². The van der Waals surface area contributed by atoms with Crippen molar-refractivity contribution in [3.05, 3.63) is 0 Å². The van der Waals surface area contributed by atoms with E-state index in [9.17, 15) is 4.21 Å². The van der Waals surface area contributed by atoms with Gasteiger partial charge in [0.2, 0.25) is 0 Å². The molecule has 0 aromatic heterocycles. The van der Waals surface area contributed by atoms with Crippen LogP contribution < -0.4 is 0 Å². The fraction of sp³-hybridized carbons (Fsp3) is 1.00. The Kier molecular flexibility index (Phi) is 4.09. The molecule has 0 spiro atoms. The molecule has 2 unspecified atom stereocenters. The Hall–Kier alpha value is 0.110. The molecule has 0 aliphatic rings. The average molecular weight is 136 g/mol. The molecule has 0 radical (unpaired) electrons. The molecular weight excluding hydrogens is 124 g/mol. The fourth-order valence-corrected chi connectivity index (χ4v) is 1.16. The highest BCUT2D eigenvalue weighted by atomic mass is 32.2. The van der Waals surface area contributed by atoms with E-state index in [1.54, 1.807) is 6.92 Å². The SMILES string of the molecule is CCS(=O)CC(C)O. The number of aliphatic hydroxyl groups excluding tert-OH is 1. The molecule has 2 atom stereocenters. The van der Waals surface area contributed by atoms with Crippen molar-refractivity contribution in [3.63, 3.8) is 0 Å². The predicted octanol–water partition coefficient (Wildman–Crippen LogP) is 0.136. The zero-order valence-corrected chi connectivity index (χ0v) is 6.07. The van der Waals surface area contributed by atoms with Gasteiger partial charge in [-0.05, 0) is 6.92 Å². The van der Waals surface area contributed by atoms with Gasteiger partial charge in [0.05, 0.1) is 6.10 Å². The van der Waals surface area contributed by atoms with Gasteiger partial charge in [0.1, 0.15) is 0 Å². The molecule has 0 rings (SSSR count). The van der Waals surface area contributed by atoms with Crippen LogP contribution >= 0.6 is 0 Å². The largest absolute Gasteiger partial charge is 0.392 e. The molecule has 0 heterocycles. The van der Waals surface area contributed by atoms with Crippen LogP contribution in [0.4, 0.5) is 0 Å². The van der Waals surface area contributed by atoms with E-state index in [-0.39, 0.29) is 0 Å². The molecule has 1 N–H and O–H groups in total. The van der Waals surface area contributed by atoms with Crippen LogP contribution in [0.3, 0.4) is 0 Å². The number of rotatable bonds is 3. The Balaban J connectivity index is 3.25. The molecule has 0 amide bonds. The van der Waals surface area contributed by atoms with E-state index in [1.165, 1.54) is 0 Å². The molecule has 50 valence electrons. The van der Waals surface area contributed by atoms with Crippen molar-refractivity contribution in [2.24, 2.45) is 0 Å². The summed E-state index contributed by atoms with van der Waals surface area (Å²) in [6.07, 6.45) is -0.421. The number of hydrogen-bond donors (Lipinski definition) is 1. The quantitative estimate of drug-likeness (QED) is 0.599. The van der Waals surface area contributed by atoms with Crippen molar-refractivity contribution < 1.29 is 9.32 Å². The summed E-state index contributed by atoms with van der Waals surface area (Å²) in [4.78, 5) is 0. The highest BCUT2D eigenvalue weighted by molar-refractivity contribution is 7.84. The summed E-state index contributed by atoms with van der Waals surface area (Å²) < 4.78 is 10.6. The molecule has 0 aromatic rings. The topological polar surface area (TPSA) is 37.3 Å². The molecule has 0 fully saturated rings. The van der Waals surface area contributed by atoms with Gasteiger partial charge in [-0.2, -0.15) is 0 Å². The van der Waals surface area contributed by atoms with E-state index >= 15 is 0 Å². The summed E-state index contributed by atoms with van der Waals surface area (Å²) in [7, 11) is -0.807. The van der Waals surface area contributed by atoms with E-state index in [1.807, 2.05) is 6.92 Å². The van der Waals surface area contributed by atoms with Gasteiger partial charge in [-0.25, -0.2) is 0 Å². The van der Waals surface area contributed by atoms with Crippen LogP contribution in [0.2, 0.25) is 0 Å². The van der Waals surface area contributed by atoms with Crippen molar-refractivity contribution in [1.29, 1.82) is 0 Å². The molecule has 0 bridgehead atoms. The second kappa shape index (κ2) is 4.04. The van der Waals surface area contributed by atoms with Crippen molar-refractivity contribution in [1.82, 2.24) is 0 Å². The van der Waals surface area contributed by atoms with Crippen LogP contribution in [0, 0.1) is 0 Å². The second-order valence-electron chi connectivity index (χ2n) is 1.74. The minimum absolute atomic E-state index is 0.413. The van der Waals surface area contributed by atoms with E-state index in [0.29, 0.717) is 11.5 Å². The van der Waals surface area contributed by atoms with Crippen LogP contribution in [0.15, 0.2) is 0 Å². The first-order valence-electron chi connectivity index (χ1n) is 2.69. The maximum atomic E-state index is 10.6. The monoisotopic (exact) mass is 136 g/mol. The van der Waals surface area contributed by atoms with Crippen molar-refractivity contribution >= 4 is 10.8 Å². The van der Waals surface area contributed by atoms with Gasteiger partial charge in [0.25, 0.3) is 0 Å². The summed E-state index contributed by atoms with van der Waals surface area (Å²) in [5.41, 5.74) is 0. The first kappa shape index (κ1) is 8.11. The number of hydrogen-bond acceptors (Lipinski definition) is 2. The summed E-state index contributed by atoms with van der Waals surface area (Å²) in [6.45, 7) is 3.49. The molecule has 0 saturated heterocycles. The zero-order valence-electron chi connectivity index (χ0n) is 5.26. The third kappa shape index (κ3) is 4.27. The Bertz CT molecular complexity index is 80.5. The Labute approximate surface area is 52.4 Å². The minimum Gasteiger partial charge on any atom is -0.392 e. The van der Waals surface area contributed by atoms with Gasteiger partial charge in [0, 0.05) is 22.3 Å². The van der Waals surface area contributed by atoms with Gasteiger partial charge in [-0.15, -0.1) is 0 Å². The third-order valence-electron chi connectivity index (χ3n) is 0.749. The highest BCUT2D eigenvalue weighted by Gasteiger charge is 1.99. The van der Waals surface area contributed by atoms with E-state index in [2.05, 4.69) is 0 Å². The van der Waals surface area contributed by atoms with Gasteiger partial charge in [0.15, 0.2) is 0 Å². The van der Waals surface area contributed by atoms with Crippen LogP contribution in [0.1, 0.15) is 13.8 Å². The zero-order chi connectivity index (χ0) is 6.57. The van der Waals surface area contributed by atoms with Crippen LogP contribution in [0.25, 0.3) is 0 Å². The van der Waals surface area contributed by atoms with E-state index in [4.69, 9.17) is 5.11 Å². The molecule has 3 heteroatoms. The molecule has 8 heavy (non-hydrogen) atoms. The smallest absolute Gasteiger partial charge is 0.0627 e. The molecule has 0 aromatic carbocycles. The van der Waals surface area contributed by atoms with Crippen molar-refractivity contribution in [2.75, 3.05) is 11.5 Å². The normalized spacial score (nSPS) is 17.9. The number of aliphatic hydroxyl groups is 1. The summed E-state index contributed by atoms with van der Waals surface area (Å²) in [6, 6.07) is 0. The van der Waals surface area contributed by atoms with Crippen molar-refractivity contribution in [3.8, 4) is 0 Å². The highest BCUT2D eigenvalue weighted by Crippen LogP contribution is 1.86. The Morgan fingerprint density at radius 2 is 2.25 bits per heavy atom.